The van der Waals surface area contributed by atoms with E-state index in [9.17, 15) is 14.9 Å². The smallest absolute Gasteiger partial charge is 0.345 e. The number of aryl methyl sites for hydroxylation is 2. The van der Waals surface area contributed by atoms with E-state index in [2.05, 4.69) is 4.98 Å². The molecule has 1 aromatic heterocycles. The highest BCUT2D eigenvalue weighted by Gasteiger charge is 2.28. The maximum Gasteiger partial charge on any atom is 0.345 e. The largest absolute Gasteiger partial charge is 0.462 e. The molecule has 6 nitrogen and oxygen atoms in total. The minimum absolute atomic E-state index is 0.0741. The second kappa shape index (κ2) is 6.34. The number of hydrogen-bond donors (Lipinski definition) is 0. The molecular weight excluding hydrogens is 284 g/mol. The molecule has 1 aromatic carbocycles. The zero-order valence-corrected chi connectivity index (χ0v) is 12.6. The lowest BCUT2D eigenvalue weighted by molar-refractivity contribution is -0.384. The lowest BCUT2D eigenvalue weighted by Crippen LogP contribution is -2.10. The Bertz CT molecular complexity index is 724. The van der Waals surface area contributed by atoms with Crippen molar-refractivity contribution in [3.8, 4) is 11.3 Å². The molecule has 0 radical (unpaired) electrons. The van der Waals surface area contributed by atoms with Gasteiger partial charge in [0.2, 0.25) is 0 Å². The van der Waals surface area contributed by atoms with Gasteiger partial charge in [-0.1, -0.05) is 29.8 Å². The number of rotatable bonds is 4. The Labute approximate surface area is 127 Å². The molecule has 0 saturated heterocycles. The van der Waals surface area contributed by atoms with E-state index in [-0.39, 0.29) is 23.6 Å². The second-order valence-electron chi connectivity index (χ2n) is 4.85. The number of ether oxygens (including phenoxy) is 1. The van der Waals surface area contributed by atoms with Gasteiger partial charge in [0.15, 0.2) is 0 Å². The zero-order chi connectivity index (χ0) is 16.3. The van der Waals surface area contributed by atoms with Crippen LogP contribution in [0.2, 0.25) is 0 Å². The highest BCUT2D eigenvalue weighted by Crippen LogP contribution is 2.32. The van der Waals surface area contributed by atoms with E-state index >= 15 is 0 Å². The minimum Gasteiger partial charge on any atom is -0.462 e. The highest BCUT2D eigenvalue weighted by atomic mass is 16.6. The number of nitro groups is 1. The van der Waals surface area contributed by atoms with E-state index in [0.29, 0.717) is 11.3 Å². The standard InChI is InChI=1S/C16H16N2O4/c1-4-22-16(19)13-9-11(3)17-14(15(13)18(20)21)12-7-5-10(2)6-8-12/h5-9H,4H2,1-3H3. The fraction of sp³-hybridized carbons (Fsp3) is 0.250. The van der Waals surface area contributed by atoms with Crippen molar-refractivity contribution in [2.24, 2.45) is 0 Å². The summed E-state index contributed by atoms with van der Waals surface area (Å²) in [6.07, 6.45) is 0. The Morgan fingerprint density at radius 3 is 2.45 bits per heavy atom. The van der Waals surface area contributed by atoms with Crippen LogP contribution < -0.4 is 0 Å². The maximum absolute atomic E-state index is 12.0. The van der Waals surface area contributed by atoms with Crippen LogP contribution in [0.4, 0.5) is 5.69 Å². The number of carbonyl (C=O) groups is 1. The van der Waals surface area contributed by atoms with Gasteiger partial charge in [-0.15, -0.1) is 0 Å². The van der Waals surface area contributed by atoms with E-state index in [1.807, 2.05) is 19.1 Å². The lowest BCUT2D eigenvalue weighted by atomic mass is 10.0. The second-order valence-corrected chi connectivity index (χ2v) is 4.85. The van der Waals surface area contributed by atoms with Gasteiger partial charge in [-0.2, -0.15) is 0 Å². The summed E-state index contributed by atoms with van der Waals surface area (Å²) < 4.78 is 4.91. The van der Waals surface area contributed by atoms with E-state index in [1.165, 1.54) is 6.07 Å². The topological polar surface area (TPSA) is 82.3 Å². The molecule has 0 atom stereocenters. The molecule has 114 valence electrons. The van der Waals surface area contributed by atoms with Crippen LogP contribution in [0.15, 0.2) is 30.3 Å². The summed E-state index contributed by atoms with van der Waals surface area (Å²) in [5.41, 5.74) is 1.91. The maximum atomic E-state index is 12.0. The van der Waals surface area contributed by atoms with Gasteiger partial charge < -0.3 is 4.74 Å². The SMILES string of the molecule is CCOC(=O)c1cc(C)nc(-c2ccc(C)cc2)c1[N+](=O)[O-]. The summed E-state index contributed by atoms with van der Waals surface area (Å²) in [5.74, 6) is -0.715. The third kappa shape index (κ3) is 3.11. The summed E-state index contributed by atoms with van der Waals surface area (Å²) >= 11 is 0. The van der Waals surface area contributed by atoms with Gasteiger partial charge in [-0.3, -0.25) is 10.1 Å². The third-order valence-corrected chi connectivity index (χ3v) is 3.12. The predicted octanol–water partition coefficient (Wildman–Crippen LogP) is 3.45. The van der Waals surface area contributed by atoms with Gasteiger partial charge in [0, 0.05) is 11.3 Å². The number of aromatic nitrogens is 1. The third-order valence-electron chi connectivity index (χ3n) is 3.12. The Morgan fingerprint density at radius 2 is 1.91 bits per heavy atom. The molecular formula is C16H16N2O4. The summed E-state index contributed by atoms with van der Waals surface area (Å²) in [5, 5.41) is 11.5. The molecule has 0 spiro atoms. The van der Waals surface area contributed by atoms with Crippen LogP contribution in [0.1, 0.15) is 28.5 Å². The molecule has 0 aliphatic carbocycles. The van der Waals surface area contributed by atoms with Crippen LogP contribution in [0.3, 0.4) is 0 Å². The summed E-state index contributed by atoms with van der Waals surface area (Å²) in [4.78, 5) is 27.1. The van der Waals surface area contributed by atoms with Crippen LogP contribution in [-0.4, -0.2) is 22.5 Å². The number of esters is 1. The van der Waals surface area contributed by atoms with Gasteiger partial charge in [0.05, 0.1) is 11.5 Å². The molecule has 2 aromatic rings. The first-order valence-electron chi connectivity index (χ1n) is 6.84. The fourth-order valence-corrected chi connectivity index (χ4v) is 2.13. The summed E-state index contributed by atoms with van der Waals surface area (Å²) in [7, 11) is 0. The van der Waals surface area contributed by atoms with Gasteiger partial charge in [-0.25, -0.2) is 9.78 Å². The van der Waals surface area contributed by atoms with E-state index in [4.69, 9.17) is 4.74 Å². The molecule has 0 amide bonds. The monoisotopic (exact) mass is 300 g/mol. The first kappa shape index (κ1) is 15.6. The number of hydrogen-bond acceptors (Lipinski definition) is 5. The molecule has 0 saturated carbocycles. The average Bonchev–Trinajstić information content (AvgIpc) is 2.47. The van der Waals surface area contributed by atoms with Crippen molar-refractivity contribution < 1.29 is 14.5 Å². The fourth-order valence-electron chi connectivity index (χ4n) is 2.13. The molecule has 0 aliphatic rings. The summed E-state index contributed by atoms with van der Waals surface area (Å²) in [6, 6.07) is 8.56. The first-order valence-corrected chi connectivity index (χ1v) is 6.84. The normalized spacial score (nSPS) is 10.3. The molecule has 0 fully saturated rings. The number of nitrogens with zero attached hydrogens (tertiary/aromatic N) is 2. The molecule has 0 unspecified atom stereocenters. The van der Waals surface area contributed by atoms with Crippen molar-refractivity contribution in [1.82, 2.24) is 4.98 Å². The first-order chi connectivity index (χ1) is 10.4. The molecule has 0 N–H and O–H groups in total. The van der Waals surface area contributed by atoms with Crippen molar-refractivity contribution in [2.45, 2.75) is 20.8 Å². The van der Waals surface area contributed by atoms with Gasteiger partial charge in [0.1, 0.15) is 11.3 Å². The van der Waals surface area contributed by atoms with Crippen molar-refractivity contribution in [3.63, 3.8) is 0 Å². The van der Waals surface area contributed by atoms with Crippen molar-refractivity contribution in [3.05, 3.63) is 57.3 Å². The molecule has 22 heavy (non-hydrogen) atoms. The number of carbonyl (C=O) groups excluding carboxylic acids is 1. The average molecular weight is 300 g/mol. The molecule has 2 rings (SSSR count). The van der Waals surface area contributed by atoms with Crippen LogP contribution in [0.5, 0.6) is 0 Å². The Balaban J connectivity index is 2.70. The quantitative estimate of drug-likeness (QED) is 0.490. The van der Waals surface area contributed by atoms with Crippen LogP contribution in [-0.2, 0) is 4.74 Å². The lowest BCUT2D eigenvalue weighted by Gasteiger charge is -2.09. The van der Waals surface area contributed by atoms with E-state index < -0.39 is 10.9 Å². The molecule has 6 heteroatoms. The van der Waals surface area contributed by atoms with Crippen LogP contribution >= 0.6 is 0 Å². The van der Waals surface area contributed by atoms with Crippen molar-refractivity contribution in [2.75, 3.05) is 6.61 Å². The van der Waals surface area contributed by atoms with Gasteiger partial charge in [0.25, 0.3) is 0 Å². The van der Waals surface area contributed by atoms with E-state index in [1.54, 1.807) is 26.0 Å². The molecule has 1 heterocycles. The van der Waals surface area contributed by atoms with Crippen molar-refractivity contribution >= 4 is 11.7 Å². The highest BCUT2D eigenvalue weighted by molar-refractivity contribution is 5.97. The summed E-state index contributed by atoms with van der Waals surface area (Å²) in [6.45, 7) is 5.41. The number of pyridine rings is 1. The van der Waals surface area contributed by atoms with Gasteiger partial charge in [-0.05, 0) is 26.8 Å². The number of benzene rings is 1. The van der Waals surface area contributed by atoms with Crippen LogP contribution in [0, 0.1) is 24.0 Å². The van der Waals surface area contributed by atoms with E-state index in [0.717, 1.165) is 5.56 Å². The minimum atomic E-state index is -0.715. The molecule has 0 bridgehead atoms. The molecule has 0 aliphatic heterocycles. The Kier molecular flexibility index (Phi) is 4.50. The zero-order valence-electron chi connectivity index (χ0n) is 12.6. The Hall–Kier alpha value is -2.76. The Morgan fingerprint density at radius 1 is 1.27 bits per heavy atom. The van der Waals surface area contributed by atoms with Crippen LogP contribution in [0.25, 0.3) is 11.3 Å². The van der Waals surface area contributed by atoms with Gasteiger partial charge >= 0.3 is 11.7 Å². The predicted molar refractivity (Wildman–Crippen MR) is 81.8 cm³/mol. The van der Waals surface area contributed by atoms with Crippen molar-refractivity contribution in [1.29, 1.82) is 0 Å².